The molecule has 1 aliphatic rings. The van der Waals surface area contributed by atoms with E-state index in [0.717, 1.165) is 25.8 Å². The Morgan fingerprint density at radius 1 is 1.24 bits per heavy atom. The molecule has 0 spiro atoms. The lowest BCUT2D eigenvalue weighted by atomic mass is 10.2. The number of thiophene rings is 1. The summed E-state index contributed by atoms with van der Waals surface area (Å²) in [5.74, 6) is 0.0487. The van der Waals surface area contributed by atoms with E-state index in [1.165, 1.54) is 4.88 Å². The lowest BCUT2D eigenvalue weighted by Crippen LogP contribution is -2.34. The number of amides is 1. The monoisotopic (exact) mass is 339 g/mol. The van der Waals surface area contributed by atoms with Crippen LogP contribution in [0.3, 0.4) is 0 Å². The van der Waals surface area contributed by atoms with Crippen LogP contribution in [0.25, 0.3) is 0 Å². The van der Waals surface area contributed by atoms with Crippen LogP contribution in [0, 0.1) is 0 Å². The summed E-state index contributed by atoms with van der Waals surface area (Å²) in [6, 6.07) is 9.62. The van der Waals surface area contributed by atoms with E-state index in [9.17, 15) is 4.79 Å². The number of carbonyl (C=O) groups is 1. The van der Waals surface area contributed by atoms with E-state index in [-0.39, 0.29) is 5.91 Å². The van der Waals surface area contributed by atoms with Gasteiger partial charge in [0, 0.05) is 23.0 Å². The van der Waals surface area contributed by atoms with Crippen LogP contribution in [0.5, 0.6) is 0 Å². The molecule has 1 aliphatic carbocycles. The zero-order valence-electron chi connectivity index (χ0n) is 11.4. The number of carbonyl (C=O) groups excluding carboxylic acids is 1. The molecule has 1 fully saturated rings. The molecular weight excluding hydrogens is 325 g/mol. The van der Waals surface area contributed by atoms with Crippen LogP contribution < -0.4 is 0 Å². The number of benzene rings is 1. The summed E-state index contributed by atoms with van der Waals surface area (Å²) in [5.41, 5.74) is 0.613. The minimum Gasteiger partial charge on any atom is -0.335 e. The molecule has 0 N–H and O–H groups in total. The molecule has 0 radical (unpaired) electrons. The van der Waals surface area contributed by atoms with E-state index >= 15 is 0 Å². The highest BCUT2D eigenvalue weighted by Gasteiger charge is 2.32. The van der Waals surface area contributed by atoms with Crippen LogP contribution in [0.2, 0.25) is 10.0 Å². The molecule has 1 aromatic heterocycles. The minimum absolute atomic E-state index is 0.0487. The second-order valence-corrected chi connectivity index (χ2v) is 7.03. The Labute approximate surface area is 138 Å². The first-order valence-electron chi connectivity index (χ1n) is 6.93. The summed E-state index contributed by atoms with van der Waals surface area (Å²) < 4.78 is 0. The Balaban J connectivity index is 1.73. The van der Waals surface area contributed by atoms with E-state index in [2.05, 4.69) is 11.4 Å². The fraction of sp³-hybridized carbons (Fsp3) is 0.312. The largest absolute Gasteiger partial charge is 0.335 e. The molecule has 21 heavy (non-hydrogen) atoms. The van der Waals surface area contributed by atoms with Gasteiger partial charge in [0.15, 0.2) is 0 Å². The maximum atomic E-state index is 12.7. The Hall–Kier alpha value is -1.03. The lowest BCUT2D eigenvalue weighted by molar-refractivity contribution is 0.0745. The number of hydrogen-bond donors (Lipinski definition) is 0. The Kier molecular flexibility index (Phi) is 4.53. The van der Waals surface area contributed by atoms with Crippen LogP contribution in [0.15, 0.2) is 35.7 Å². The molecule has 110 valence electrons. The van der Waals surface area contributed by atoms with Crippen LogP contribution in [-0.2, 0) is 6.42 Å². The van der Waals surface area contributed by atoms with Gasteiger partial charge in [-0.15, -0.1) is 11.3 Å². The van der Waals surface area contributed by atoms with Crippen molar-refractivity contribution >= 4 is 40.4 Å². The molecule has 0 unspecified atom stereocenters. The van der Waals surface area contributed by atoms with Gasteiger partial charge < -0.3 is 4.90 Å². The fourth-order valence-corrected chi connectivity index (χ4v) is 3.31. The Bertz CT molecular complexity index is 638. The maximum absolute atomic E-state index is 12.7. The third-order valence-electron chi connectivity index (χ3n) is 3.59. The normalized spacial score (nSPS) is 14.2. The quantitative estimate of drug-likeness (QED) is 0.758. The summed E-state index contributed by atoms with van der Waals surface area (Å²) in [7, 11) is 0. The van der Waals surface area contributed by atoms with Crippen molar-refractivity contribution < 1.29 is 4.79 Å². The second kappa shape index (κ2) is 6.39. The standard InChI is InChI=1S/C16H15Cl2NOS/c17-14-6-3-11(10-15(14)18)16(20)19(12-4-5-12)8-7-13-2-1-9-21-13/h1-3,6,9-10,12H,4-5,7-8H2. The van der Waals surface area contributed by atoms with Crippen LogP contribution in [0.1, 0.15) is 28.1 Å². The molecule has 3 rings (SSSR count). The van der Waals surface area contributed by atoms with Crippen molar-refractivity contribution in [2.24, 2.45) is 0 Å². The van der Waals surface area contributed by atoms with Crippen molar-refractivity contribution in [2.45, 2.75) is 25.3 Å². The van der Waals surface area contributed by atoms with Crippen LogP contribution >= 0.6 is 34.5 Å². The van der Waals surface area contributed by atoms with Gasteiger partial charge in [-0.05, 0) is 48.9 Å². The zero-order valence-corrected chi connectivity index (χ0v) is 13.7. The van der Waals surface area contributed by atoms with Gasteiger partial charge in [0.25, 0.3) is 5.91 Å². The Morgan fingerprint density at radius 3 is 2.67 bits per heavy atom. The van der Waals surface area contributed by atoms with Gasteiger partial charge in [-0.3, -0.25) is 4.79 Å². The predicted octanol–water partition coefficient (Wildman–Crippen LogP) is 4.90. The second-order valence-electron chi connectivity index (χ2n) is 5.19. The van der Waals surface area contributed by atoms with Crippen LogP contribution in [-0.4, -0.2) is 23.4 Å². The minimum atomic E-state index is 0.0487. The van der Waals surface area contributed by atoms with Gasteiger partial charge in [-0.1, -0.05) is 29.3 Å². The van der Waals surface area contributed by atoms with Gasteiger partial charge in [0.2, 0.25) is 0 Å². The van der Waals surface area contributed by atoms with E-state index < -0.39 is 0 Å². The first kappa shape index (κ1) is 14.9. The van der Waals surface area contributed by atoms with Gasteiger partial charge >= 0.3 is 0 Å². The van der Waals surface area contributed by atoms with Crippen molar-refractivity contribution in [3.63, 3.8) is 0 Å². The first-order chi connectivity index (χ1) is 10.1. The molecule has 2 nitrogen and oxygen atoms in total. The highest BCUT2D eigenvalue weighted by atomic mass is 35.5. The molecule has 5 heteroatoms. The molecular formula is C16H15Cl2NOS. The fourth-order valence-electron chi connectivity index (χ4n) is 2.32. The van der Waals surface area contributed by atoms with Crippen molar-refractivity contribution in [1.82, 2.24) is 4.90 Å². The molecule has 1 saturated carbocycles. The number of rotatable bonds is 5. The van der Waals surface area contributed by atoms with Crippen molar-refractivity contribution in [1.29, 1.82) is 0 Å². The molecule has 1 aromatic carbocycles. The summed E-state index contributed by atoms with van der Waals surface area (Å²) >= 11 is 13.7. The van der Waals surface area contributed by atoms with E-state index in [4.69, 9.17) is 23.2 Å². The molecule has 0 saturated heterocycles. The van der Waals surface area contributed by atoms with Crippen molar-refractivity contribution in [3.05, 3.63) is 56.2 Å². The molecule has 1 amide bonds. The van der Waals surface area contributed by atoms with Gasteiger partial charge in [-0.25, -0.2) is 0 Å². The lowest BCUT2D eigenvalue weighted by Gasteiger charge is -2.22. The molecule has 1 heterocycles. The predicted molar refractivity (Wildman–Crippen MR) is 88.5 cm³/mol. The van der Waals surface area contributed by atoms with E-state index in [1.807, 2.05) is 11.0 Å². The Morgan fingerprint density at radius 2 is 2.05 bits per heavy atom. The highest BCUT2D eigenvalue weighted by molar-refractivity contribution is 7.09. The average molecular weight is 340 g/mol. The third-order valence-corrected chi connectivity index (χ3v) is 5.27. The molecule has 2 aromatic rings. The van der Waals surface area contributed by atoms with Gasteiger partial charge in [0.1, 0.15) is 0 Å². The van der Waals surface area contributed by atoms with Crippen LogP contribution in [0.4, 0.5) is 0 Å². The topological polar surface area (TPSA) is 20.3 Å². The van der Waals surface area contributed by atoms with Gasteiger partial charge in [0.05, 0.1) is 10.0 Å². The number of halogens is 2. The summed E-state index contributed by atoms with van der Waals surface area (Å²) in [6.45, 7) is 0.754. The van der Waals surface area contributed by atoms with E-state index in [1.54, 1.807) is 29.5 Å². The number of nitrogens with zero attached hydrogens (tertiary/aromatic N) is 1. The highest BCUT2D eigenvalue weighted by Crippen LogP contribution is 2.30. The SMILES string of the molecule is O=C(c1ccc(Cl)c(Cl)c1)N(CCc1cccs1)C1CC1. The van der Waals surface area contributed by atoms with E-state index in [0.29, 0.717) is 21.7 Å². The molecule has 0 atom stereocenters. The van der Waals surface area contributed by atoms with Crippen molar-refractivity contribution in [3.8, 4) is 0 Å². The first-order valence-corrected chi connectivity index (χ1v) is 8.57. The van der Waals surface area contributed by atoms with Gasteiger partial charge in [-0.2, -0.15) is 0 Å². The summed E-state index contributed by atoms with van der Waals surface area (Å²) in [6.07, 6.45) is 3.09. The summed E-state index contributed by atoms with van der Waals surface area (Å²) in [4.78, 5) is 16.0. The summed E-state index contributed by atoms with van der Waals surface area (Å²) in [5, 5.41) is 2.97. The average Bonchev–Trinajstić information content (AvgIpc) is 3.17. The van der Waals surface area contributed by atoms with Crippen molar-refractivity contribution in [2.75, 3.05) is 6.54 Å². The zero-order chi connectivity index (χ0) is 14.8. The molecule has 0 aliphatic heterocycles. The number of hydrogen-bond acceptors (Lipinski definition) is 2. The third kappa shape index (κ3) is 3.60. The smallest absolute Gasteiger partial charge is 0.254 e. The maximum Gasteiger partial charge on any atom is 0.254 e. The molecule has 0 bridgehead atoms.